The maximum absolute atomic E-state index is 11.6. The van der Waals surface area contributed by atoms with Crippen molar-refractivity contribution in [3.05, 3.63) is 28.2 Å². The van der Waals surface area contributed by atoms with Gasteiger partial charge in [-0.3, -0.25) is 4.79 Å². The third-order valence-corrected chi connectivity index (χ3v) is 3.70. The Morgan fingerprint density at radius 3 is 2.90 bits per heavy atom. The molecule has 0 spiro atoms. The summed E-state index contributed by atoms with van der Waals surface area (Å²) >= 11 is 11.6. The van der Waals surface area contributed by atoms with Crippen LogP contribution >= 0.6 is 23.2 Å². The lowest BCUT2D eigenvalue weighted by molar-refractivity contribution is -0.124. The van der Waals surface area contributed by atoms with E-state index in [-0.39, 0.29) is 25.7 Å². The van der Waals surface area contributed by atoms with Gasteiger partial charge in [-0.15, -0.1) is 0 Å². The topological polar surface area (TPSA) is 67.8 Å². The number of amides is 1. The van der Waals surface area contributed by atoms with Gasteiger partial charge in [0.25, 0.3) is 5.91 Å². The Morgan fingerprint density at radius 1 is 1.45 bits per heavy atom. The monoisotopic (exact) mass is 319 g/mol. The van der Waals surface area contributed by atoms with Crippen molar-refractivity contribution in [1.82, 2.24) is 5.32 Å². The zero-order valence-electron chi connectivity index (χ0n) is 10.7. The van der Waals surface area contributed by atoms with Gasteiger partial charge in [0.1, 0.15) is 11.4 Å². The fraction of sp³-hybridized carbons (Fsp3) is 0.462. The van der Waals surface area contributed by atoms with E-state index in [1.54, 1.807) is 12.1 Å². The van der Waals surface area contributed by atoms with Gasteiger partial charge >= 0.3 is 0 Å². The molecular weight excluding hydrogens is 305 g/mol. The summed E-state index contributed by atoms with van der Waals surface area (Å²) in [7, 11) is 0. The molecule has 1 aromatic rings. The average Bonchev–Trinajstić information content (AvgIpc) is 2.85. The zero-order chi connectivity index (χ0) is 14.6. The van der Waals surface area contributed by atoms with E-state index in [2.05, 4.69) is 5.32 Å². The highest BCUT2D eigenvalue weighted by atomic mass is 35.5. The Balaban J connectivity index is 1.76. The van der Waals surface area contributed by atoms with Gasteiger partial charge in [-0.25, -0.2) is 0 Å². The van der Waals surface area contributed by atoms with Crippen LogP contribution in [-0.2, 0) is 9.53 Å². The SMILES string of the molecule is O=C(COc1ccc(Cl)c(Cl)c1)NCC1(O)CCOC1. The van der Waals surface area contributed by atoms with Crippen molar-refractivity contribution in [2.24, 2.45) is 0 Å². The first-order valence-electron chi connectivity index (χ1n) is 6.13. The number of ether oxygens (including phenoxy) is 2. The number of benzene rings is 1. The van der Waals surface area contributed by atoms with E-state index in [0.29, 0.717) is 28.8 Å². The van der Waals surface area contributed by atoms with Crippen molar-refractivity contribution in [2.45, 2.75) is 12.0 Å². The molecule has 2 rings (SSSR count). The fourth-order valence-electron chi connectivity index (χ4n) is 1.77. The van der Waals surface area contributed by atoms with E-state index in [1.165, 1.54) is 6.07 Å². The molecule has 2 N–H and O–H groups in total. The molecule has 1 saturated heterocycles. The molecule has 20 heavy (non-hydrogen) atoms. The van der Waals surface area contributed by atoms with Crippen LogP contribution in [0, 0.1) is 0 Å². The van der Waals surface area contributed by atoms with Gasteiger partial charge < -0.3 is 19.9 Å². The molecule has 0 aliphatic carbocycles. The molecule has 1 aliphatic rings. The molecular formula is C13H15Cl2NO4. The van der Waals surface area contributed by atoms with Crippen LogP contribution in [0.3, 0.4) is 0 Å². The highest BCUT2D eigenvalue weighted by molar-refractivity contribution is 6.42. The quantitative estimate of drug-likeness (QED) is 0.865. The molecule has 0 saturated carbocycles. The van der Waals surface area contributed by atoms with Crippen LogP contribution in [0.1, 0.15) is 6.42 Å². The van der Waals surface area contributed by atoms with Gasteiger partial charge in [-0.1, -0.05) is 23.2 Å². The predicted octanol–water partition coefficient (Wildman–Crippen LogP) is 1.64. The third kappa shape index (κ3) is 4.24. The first kappa shape index (κ1) is 15.4. The Hall–Kier alpha value is -1.01. The summed E-state index contributed by atoms with van der Waals surface area (Å²) in [6.07, 6.45) is 0.515. The second-order valence-corrected chi connectivity index (χ2v) is 5.48. The molecule has 1 amide bonds. The lowest BCUT2D eigenvalue weighted by Crippen LogP contribution is -2.44. The second kappa shape index (κ2) is 6.63. The Labute approximate surface area is 126 Å². The van der Waals surface area contributed by atoms with Crippen molar-refractivity contribution < 1.29 is 19.4 Å². The Bertz CT molecular complexity index is 489. The number of carbonyl (C=O) groups is 1. The van der Waals surface area contributed by atoms with Crippen LogP contribution in [0.2, 0.25) is 10.0 Å². The molecule has 0 bridgehead atoms. The van der Waals surface area contributed by atoms with Crippen molar-refractivity contribution in [2.75, 3.05) is 26.4 Å². The van der Waals surface area contributed by atoms with E-state index in [1.807, 2.05) is 0 Å². The Kier molecular flexibility index (Phi) is 5.10. The molecule has 7 heteroatoms. The average molecular weight is 320 g/mol. The van der Waals surface area contributed by atoms with E-state index < -0.39 is 5.60 Å². The summed E-state index contributed by atoms with van der Waals surface area (Å²) in [5.41, 5.74) is -0.973. The molecule has 1 unspecified atom stereocenters. The molecule has 0 aromatic heterocycles. The summed E-state index contributed by atoms with van der Waals surface area (Å²) < 4.78 is 10.4. The van der Waals surface area contributed by atoms with Crippen molar-refractivity contribution in [3.8, 4) is 5.75 Å². The second-order valence-electron chi connectivity index (χ2n) is 4.67. The maximum Gasteiger partial charge on any atom is 0.258 e. The van der Waals surface area contributed by atoms with Crippen LogP contribution in [0.5, 0.6) is 5.75 Å². The summed E-state index contributed by atoms with van der Waals surface area (Å²) in [6.45, 7) is 0.735. The Morgan fingerprint density at radius 2 is 2.25 bits per heavy atom. The molecule has 1 atom stereocenters. The van der Waals surface area contributed by atoms with E-state index in [9.17, 15) is 9.90 Å². The van der Waals surface area contributed by atoms with Gasteiger partial charge in [0, 0.05) is 25.6 Å². The molecule has 110 valence electrons. The van der Waals surface area contributed by atoms with E-state index >= 15 is 0 Å². The maximum atomic E-state index is 11.6. The van der Waals surface area contributed by atoms with Gasteiger partial charge in [-0.2, -0.15) is 0 Å². The lowest BCUT2D eigenvalue weighted by Gasteiger charge is -2.20. The summed E-state index contributed by atoms with van der Waals surface area (Å²) in [4.78, 5) is 11.6. The molecule has 0 radical (unpaired) electrons. The third-order valence-electron chi connectivity index (χ3n) is 2.96. The van der Waals surface area contributed by atoms with E-state index in [4.69, 9.17) is 32.7 Å². The minimum Gasteiger partial charge on any atom is -0.484 e. The summed E-state index contributed by atoms with van der Waals surface area (Å²) in [5, 5.41) is 13.4. The van der Waals surface area contributed by atoms with Crippen LogP contribution < -0.4 is 10.1 Å². The molecule has 1 aliphatic heterocycles. The number of aliphatic hydroxyl groups is 1. The van der Waals surface area contributed by atoms with Crippen LogP contribution in [-0.4, -0.2) is 43.0 Å². The van der Waals surface area contributed by atoms with Gasteiger partial charge in [-0.05, 0) is 12.1 Å². The molecule has 5 nitrogen and oxygen atoms in total. The number of halogens is 2. The number of carbonyl (C=O) groups excluding carboxylic acids is 1. The first-order chi connectivity index (χ1) is 9.48. The molecule has 1 heterocycles. The molecule has 1 aromatic carbocycles. The summed E-state index contributed by atoms with van der Waals surface area (Å²) in [5.74, 6) is 0.133. The lowest BCUT2D eigenvalue weighted by atomic mass is 10.0. The van der Waals surface area contributed by atoms with Gasteiger partial charge in [0.05, 0.1) is 16.7 Å². The first-order valence-corrected chi connectivity index (χ1v) is 6.89. The van der Waals surface area contributed by atoms with Crippen LogP contribution in [0.4, 0.5) is 0 Å². The normalized spacial score (nSPS) is 21.8. The van der Waals surface area contributed by atoms with Gasteiger partial charge in [0.15, 0.2) is 6.61 Å². The highest BCUT2D eigenvalue weighted by Gasteiger charge is 2.32. The minimum absolute atomic E-state index is 0.149. The highest BCUT2D eigenvalue weighted by Crippen LogP contribution is 2.26. The number of nitrogens with one attached hydrogen (secondary N) is 1. The number of hydrogen-bond donors (Lipinski definition) is 2. The zero-order valence-corrected chi connectivity index (χ0v) is 12.2. The van der Waals surface area contributed by atoms with Crippen molar-refractivity contribution in [3.63, 3.8) is 0 Å². The smallest absolute Gasteiger partial charge is 0.258 e. The number of hydrogen-bond acceptors (Lipinski definition) is 4. The predicted molar refractivity (Wildman–Crippen MR) is 75.4 cm³/mol. The van der Waals surface area contributed by atoms with Gasteiger partial charge in [0.2, 0.25) is 0 Å². The summed E-state index contributed by atoms with van der Waals surface area (Å²) in [6, 6.07) is 4.76. The standard InChI is InChI=1S/C13H15Cl2NO4/c14-10-2-1-9(5-11(10)15)20-6-12(17)16-7-13(18)3-4-19-8-13/h1-2,5,18H,3-4,6-8H2,(H,16,17). The minimum atomic E-state index is -0.973. The van der Waals surface area contributed by atoms with Crippen LogP contribution in [0.15, 0.2) is 18.2 Å². The number of rotatable bonds is 5. The largest absolute Gasteiger partial charge is 0.484 e. The van der Waals surface area contributed by atoms with Crippen molar-refractivity contribution >= 4 is 29.1 Å². The fourth-order valence-corrected chi connectivity index (χ4v) is 2.05. The van der Waals surface area contributed by atoms with Crippen molar-refractivity contribution in [1.29, 1.82) is 0 Å². The van der Waals surface area contributed by atoms with E-state index in [0.717, 1.165) is 0 Å². The van der Waals surface area contributed by atoms with Crippen LogP contribution in [0.25, 0.3) is 0 Å². The molecule has 1 fully saturated rings.